The molecule has 16 nitrogen and oxygen atoms in total. The minimum Gasteiger partial charge on any atom is -0.481 e. The molecule has 0 fully saturated rings. The molecule has 1 N–H and O–H groups in total. The highest BCUT2D eigenvalue weighted by atomic mass is 16.6. The fourth-order valence-corrected chi connectivity index (χ4v) is 4.17. The van der Waals surface area contributed by atoms with Crippen molar-refractivity contribution in [3.8, 4) is 0 Å². The average Bonchev–Trinajstić information content (AvgIpc) is 3.13. The second kappa shape index (κ2) is 41.8. The first-order valence-corrected chi connectivity index (χ1v) is 18.8. The first kappa shape index (κ1) is 50.0. The van der Waals surface area contributed by atoms with Gasteiger partial charge in [0.1, 0.15) is 13.2 Å². The quantitative estimate of drug-likeness (QED) is 0.0707. The lowest BCUT2D eigenvalue weighted by Crippen LogP contribution is -2.20. The Morgan fingerprint density at radius 1 is 0.423 bits per heavy atom. The number of carboxylic acid groups (broad SMARTS) is 1. The number of esters is 2. The smallest absolute Gasteiger partial charge is 0.308 e. The van der Waals surface area contributed by atoms with Crippen molar-refractivity contribution in [3.63, 3.8) is 0 Å². The van der Waals surface area contributed by atoms with Crippen molar-refractivity contribution in [2.45, 2.75) is 65.2 Å². The lowest BCUT2D eigenvalue weighted by Gasteiger charge is -2.13. The van der Waals surface area contributed by atoms with Gasteiger partial charge in [-0.05, 0) is 25.7 Å². The van der Waals surface area contributed by atoms with Crippen LogP contribution in [0.5, 0.6) is 0 Å². The van der Waals surface area contributed by atoms with E-state index in [-0.39, 0.29) is 50.5 Å². The molecule has 0 aromatic rings. The summed E-state index contributed by atoms with van der Waals surface area (Å²) in [5.41, 5.74) is 0. The van der Waals surface area contributed by atoms with E-state index in [1.54, 1.807) is 0 Å². The standard InChI is InChI=1S/C36H68O16/c1-3-5-8-33(4-2)36(40)52-32-30-50-28-26-48-24-22-46-20-18-44-16-14-42-12-11-41-13-15-43-17-19-45-21-23-47-25-27-49-29-31-51-35(39)10-7-6-9-34(37)38/h33H,3-32H2,1-2H3,(H,37,38). The van der Waals surface area contributed by atoms with E-state index in [0.29, 0.717) is 138 Å². The molecule has 16 heteroatoms. The Balaban J connectivity index is 3.17. The predicted molar refractivity (Wildman–Crippen MR) is 190 cm³/mol. The van der Waals surface area contributed by atoms with E-state index in [1.165, 1.54) is 0 Å². The maximum atomic E-state index is 12.0. The summed E-state index contributed by atoms with van der Waals surface area (Å²) in [5.74, 6) is -1.36. The van der Waals surface area contributed by atoms with Crippen molar-refractivity contribution in [2.75, 3.05) is 145 Å². The highest BCUT2D eigenvalue weighted by Gasteiger charge is 2.17. The predicted octanol–water partition coefficient (Wildman–Crippen LogP) is 3.10. The molecule has 0 aromatic carbocycles. The van der Waals surface area contributed by atoms with Crippen LogP contribution in [0.15, 0.2) is 0 Å². The Hall–Kier alpha value is -1.99. The van der Waals surface area contributed by atoms with E-state index < -0.39 is 5.97 Å². The molecule has 0 bridgehead atoms. The van der Waals surface area contributed by atoms with E-state index in [4.69, 9.17) is 61.9 Å². The molecule has 1 atom stereocenters. The van der Waals surface area contributed by atoms with Crippen molar-refractivity contribution in [3.05, 3.63) is 0 Å². The molecular weight excluding hydrogens is 688 g/mol. The van der Waals surface area contributed by atoms with Gasteiger partial charge in [0.15, 0.2) is 0 Å². The van der Waals surface area contributed by atoms with Gasteiger partial charge >= 0.3 is 17.9 Å². The Kier molecular flexibility index (Phi) is 40.2. The molecule has 0 heterocycles. The summed E-state index contributed by atoms with van der Waals surface area (Å²) < 4.78 is 64.8. The molecule has 0 amide bonds. The van der Waals surface area contributed by atoms with Gasteiger partial charge < -0.3 is 61.9 Å². The van der Waals surface area contributed by atoms with Crippen molar-refractivity contribution in [1.29, 1.82) is 0 Å². The number of unbranched alkanes of at least 4 members (excludes halogenated alkanes) is 2. The second-order valence-corrected chi connectivity index (χ2v) is 11.4. The summed E-state index contributed by atoms with van der Waals surface area (Å²) in [7, 11) is 0. The molecule has 0 saturated carbocycles. The number of hydrogen-bond donors (Lipinski definition) is 1. The molecule has 0 radical (unpaired) electrons. The van der Waals surface area contributed by atoms with Crippen molar-refractivity contribution >= 4 is 17.9 Å². The van der Waals surface area contributed by atoms with E-state index >= 15 is 0 Å². The van der Waals surface area contributed by atoms with Gasteiger partial charge in [-0.1, -0.05) is 26.7 Å². The third-order valence-electron chi connectivity index (χ3n) is 7.06. The Bertz CT molecular complexity index is 787. The summed E-state index contributed by atoms with van der Waals surface area (Å²) >= 11 is 0. The van der Waals surface area contributed by atoms with Gasteiger partial charge in [0.2, 0.25) is 0 Å². The number of carbonyl (C=O) groups is 3. The van der Waals surface area contributed by atoms with Crippen LogP contribution in [-0.4, -0.2) is 168 Å². The van der Waals surface area contributed by atoms with Crippen LogP contribution in [0.2, 0.25) is 0 Å². The van der Waals surface area contributed by atoms with Crippen LogP contribution >= 0.6 is 0 Å². The van der Waals surface area contributed by atoms with E-state index in [0.717, 1.165) is 25.7 Å². The minimum atomic E-state index is -0.865. The highest BCUT2D eigenvalue weighted by Crippen LogP contribution is 2.14. The minimum absolute atomic E-state index is 0.0120. The molecule has 0 aliphatic carbocycles. The van der Waals surface area contributed by atoms with E-state index in [1.807, 2.05) is 6.92 Å². The van der Waals surface area contributed by atoms with Crippen molar-refractivity contribution in [2.24, 2.45) is 5.92 Å². The molecule has 0 spiro atoms. The number of carboxylic acids is 1. The molecule has 0 aromatic heterocycles. The molecule has 0 rings (SSSR count). The first-order valence-electron chi connectivity index (χ1n) is 18.8. The Morgan fingerprint density at radius 2 is 0.731 bits per heavy atom. The van der Waals surface area contributed by atoms with E-state index in [2.05, 4.69) is 6.92 Å². The van der Waals surface area contributed by atoms with Gasteiger partial charge in [-0.3, -0.25) is 14.4 Å². The van der Waals surface area contributed by atoms with Crippen molar-refractivity contribution < 1.29 is 76.3 Å². The molecule has 0 aliphatic heterocycles. The number of ether oxygens (including phenoxy) is 12. The Labute approximate surface area is 310 Å². The number of carbonyl (C=O) groups excluding carboxylic acids is 2. The lowest BCUT2D eigenvalue weighted by molar-refractivity contribution is -0.150. The SMILES string of the molecule is CCCCC(CC)C(=O)OCCOCCOCCOCCOCCOCCOCCOCCOCCOCCOCCOC(=O)CCCCC(=O)O. The summed E-state index contributed by atoms with van der Waals surface area (Å²) in [6, 6.07) is 0. The second-order valence-electron chi connectivity index (χ2n) is 11.4. The summed E-state index contributed by atoms with van der Waals surface area (Å²) in [6.07, 6.45) is 5.03. The van der Waals surface area contributed by atoms with Gasteiger partial charge in [0.05, 0.1) is 138 Å². The third-order valence-corrected chi connectivity index (χ3v) is 7.06. The zero-order valence-corrected chi connectivity index (χ0v) is 31.9. The van der Waals surface area contributed by atoms with Crippen LogP contribution in [0.3, 0.4) is 0 Å². The maximum Gasteiger partial charge on any atom is 0.308 e. The molecular formula is C36H68O16. The summed E-state index contributed by atoms with van der Waals surface area (Å²) in [6.45, 7) is 13.4. The van der Waals surface area contributed by atoms with Crippen LogP contribution < -0.4 is 0 Å². The average molecular weight is 757 g/mol. The molecule has 52 heavy (non-hydrogen) atoms. The number of aliphatic carboxylic acids is 1. The fraction of sp³-hybridized carbons (Fsp3) is 0.917. The normalized spacial score (nSPS) is 11.9. The largest absolute Gasteiger partial charge is 0.481 e. The molecule has 308 valence electrons. The summed E-state index contributed by atoms with van der Waals surface area (Å²) in [4.78, 5) is 33.9. The maximum absolute atomic E-state index is 12.0. The monoisotopic (exact) mass is 756 g/mol. The van der Waals surface area contributed by atoms with Gasteiger partial charge in [-0.15, -0.1) is 0 Å². The third kappa shape index (κ3) is 39.2. The fourth-order valence-electron chi connectivity index (χ4n) is 4.17. The summed E-state index contributed by atoms with van der Waals surface area (Å²) in [5, 5.41) is 8.55. The Morgan fingerprint density at radius 3 is 1.04 bits per heavy atom. The molecule has 0 aliphatic rings. The topological polar surface area (TPSA) is 182 Å². The number of hydrogen-bond acceptors (Lipinski definition) is 15. The van der Waals surface area contributed by atoms with Crippen LogP contribution in [0.1, 0.15) is 65.2 Å². The first-order chi connectivity index (χ1) is 25.5. The van der Waals surface area contributed by atoms with Crippen molar-refractivity contribution in [1.82, 2.24) is 0 Å². The molecule has 1 unspecified atom stereocenters. The lowest BCUT2D eigenvalue weighted by atomic mass is 10.00. The number of rotatable bonds is 43. The van der Waals surface area contributed by atoms with Gasteiger partial charge in [-0.25, -0.2) is 0 Å². The van der Waals surface area contributed by atoms with Gasteiger partial charge in [0, 0.05) is 12.8 Å². The van der Waals surface area contributed by atoms with Gasteiger partial charge in [-0.2, -0.15) is 0 Å². The zero-order chi connectivity index (χ0) is 38.0. The van der Waals surface area contributed by atoms with E-state index in [9.17, 15) is 14.4 Å². The zero-order valence-electron chi connectivity index (χ0n) is 31.9. The molecule has 0 saturated heterocycles. The van der Waals surface area contributed by atoms with Gasteiger partial charge in [0.25, 0.3) is 0 Å². The van der Waals surface area contributed by atoms with Crippen LogP contribution in [0.4, 0.5) is 0 Å². The highest BCUT2D eigenvalue weighted by molar-refractivity contribution is 5.72. The van der Waals surface area contributed by atoms with Crippen LogP contribution in [0.25, 0.3) is 0 Å². The van der Waals surface area contributed by atoms with Crippen LogP contribution in [-0.2, 0) is 71.2 Å². The van der Waals surface area contributed by atoms with Crippen LogP contribution in [0, 0.1) is 5.92 Å².